The molecule has 3 amide bonds. The van der Waals surface area contributed by atoms with E-state index in [1.54, 1.807) is 42.6 Å². The van der Waals surface area contributed by atoms with Crippen LogP contribution >= 0.6 is 0 Å². The lowest BCUT2D eigenvalue weighted by Gasteiger charge is -2.25. The summed E-state index contributed by atoms with van der Waals surface area (Å²) in [7, 11) is 0. The zero-order valence-corrected chi connectivity index (χ0v) is 25.9. The number of H-pyrrole nitrogens is 2. The van der Waals surface area contributed by atoms with Crippen molar-refractivity contribution in [3.63, 3.8) is 0 Å². The van der Waals surface area contributed by atoms with E-state index in [4.69, 9.17) is 5.73 Å². The number of carboxylic acid groups (broad SMARTS) is 1. The zero-order valence-electron chi connectivity index (χ0n) is 25.9. The van der Waals surface area contributed by atoms with Crippen molar-refractivity contribution < 1.29 is 29.4 Å². The number of amides is 3. The number of nitrogens with zero attached hydrogens (tertiary/aromatic N) is 1. The molecule has 0 radical (unpaired) electrons. The van der Waals surface area contributed by atoms with E-state index in [0.29, 0.717) is 16.8 Å². The molecule has 0 aliphatic heterocycles. The van der Waals surface area contributed by atoms with E-state index in [1.165, 1.54) is 24.7 Å². The van der Waals surface area contributed by atoms with Gasteiger partial charge in [-0.2, -0.15) is 0 Å². The monoisotopic (exact) mass is 651 g/mol. The second-order valence-electron chi connectivity index (χ2n) is 11.5. The van der Waals surface area contributed by atoms with Crippen LogP contribution < -0.4 is 21.7 Å². The van der Waals surface area contributed by atoms with Crippen LogP contribution in [0.4, 0.5) is 0 Å². The molecule has 0 saturated carbocycles. The maximum atomic E-state index is 13.9. The quantitative estimate of drug-likeness (QED) is 0.0832. The smallest absolute Gasteiger partial charge is 0.326 e. The number of benzene rings is 3. The molecule has 9 N–H and O–H groups in total. The van der Waals surface area contributed by atoms with Crippen LogP contribution in [0.1, 0.15) is 22.4 Å². The lowest BCUT2D eigenvalue weighted by Crippen LogP contribution is -2.58. The summed E-state index contributed by atoms with van der Waals surface area (Å²) < 4.78 is 0. The van der Waals surface area contributed by atoms with Crippen molar-refractivity contribution in [3.8, 4) is 5.75 Å². The van der Waals surface area contributed by atoms with E-state index >= 15 is 0 Å². The third-order valence-corrected chi connectivity index (χ3v) is 7.97. The van der Waals surface area contributed by atoms with Crippen molar-refractivity contribution in [3.05, 3.63) is 120 Å². The first-order valence-corrected chi connectivity index (χ1v) is 15.4. The number of carbonyl (C=O) groups excluding carboxylic acids is 3. The van der Waals surface area contributed by atoms with Crippen LogP contribution in [0.15, 0.2) is 97.6 Å². The second kappa shape index (κ2) is 15.6. The fourth-order valence-corrected chi connectivity index (χ4v) is 5.41. The van der Waals surface area contributed by atoms with Gasteiger partial charge in [-0.3, -0.25) is 14.4 Å². The molecule has 0 saturated heterocycles. The number of para-hydroxylation sites is 1. The van der Waals surface area contributed by atoms with Gasteiger partial charge in [0.1, 0.15) is 23.9 Å². The molecule has 4 unspecified atom stereocenters. The average Bonchev–Trinajstić information content (AvgIpc) is 3.75. The fourth-order valence-electron chi connectivity index (χ4n) is 5.41. The molecule has 2 heterocycles. The standard InChI is InChI=1S/C35H37N7O6/c36-27(14-22-10-12-25(43)13-11-22)32(44)40-30(17-24-19-37-20-39-24)34(46)41-29(16-23-18-38-28-9-5-4-8-26(23)28)33(45)42-31(35(47)48)15-21-6-2-1-3-7-21/h1-13,18-20,27,29-31,38,43H,14-17,36H2,(H,37,39)(H,40,44)(H,41,46)(H,42,45)(H,47,48). The van der Waals surface area contributed by atoms with E-state index < -0.39 is 47.9 Å². The van der Waals surface area contributed by atoms with Crippen LogP contribution in [0.5, 0.6) is 5.75 Å². The van der Waals surface area contributed by atoms with Crippen molar-refractivity contribution >= 4 is 34.6 Å². The first kappa shape index (κ1) is 33.4. The molecule has 0 fully saturated rings. The topological polar surface area (TPSA) is 215 Å². The molecule has 5 rings (SSSR count). The zero-order chi connectivity index (χ0) is 34.0. The van der Waals surface area contributed by atoms with Gasteiger partial charge in [0.2, 0.25) is 17.7 Å². The van der Waals surface area contributed by atoms with E-state index in [9.17, 15) is 29.4 Å². The van der Waals surface area contributed by atoms with Crippen LogP contribution in [0.2, 0.25) is 0 Å². The predicted octanol–water partition coefficient (Wildman–Crippen LogP) is 1.73. The van der Waals surface area contributed by atoms with Crippen LogP contribution in [0.3, 0.4) is 0 Å². The molecule has 2 aromatic heterocycles. The lowest BCUT2D eigenvalue weighted by molar-refractivity contribution is -0.142. The van der Waals surface area contributed by atoms with E-state index in [-0.39, 0.29) is 31.4 Å². The van der Waals surface area contributed by atoms with Crippen LogP contribution in [0.25, 0.3) is 10.9 Å². The number of aliphatic carboxylic acids is 1. The molecule has 13 nitrogen and oxygen atoms in total. The normalized spacial score (nSPS) is 13.6. The highest BCUT2D eigenvalue weighted by atomic mass is 16.4. The van der Waals surface area contributed by atoms with Gasteiger partial charge in [-0.15, -0.1) is 0 Å². The third kappa shape index (κ3) is 8.85. The summed E-state index contributed by atoms with van der Waals surface area (Å²) in [5.74, 6) is -3.13. The van der Waals surface area contributed by atoms with E-state index in [2.05, 4.69) is 30.9 Å². The maximum absolute atomic E-state index is 13.9. The molecule has 5 aromatic rings. The van der Waals surface area contributed by atoms with Crippen molar-refractivity contribution in [2.24, 2.45) is 5.73 Å². The number of nitrogens with two attached hydrogens (primary N) is 1. The maximum Gasteiger partial charge on any atom is 0.326 e. The number of phenolic OH excluding ortho intramolecular Hbond substituents is 1. The van der Waals surface area contributed by atoms with Gasteiger partial charge in [0, 0.05) is 48.3 Å². The SMILES string of the molecule is NC(Cc1ccc(O)cc1)C(=O)NC(Cc1cnc[nH]1)C(=O)NC(Cc1c[nH]c2ccccc12)C(=O)NC(Cc1ccccc1)C(=O)O. The van der Waals surface area contributed by atoms with Crippen molar-refractivity contribution in [2.45, 2.75) is 49.9 Å². The number of nitrogens with one attached hydrogen (secondary N) is 5. The van der Waals surface area contributed by atoms with Gasteiger partial charge in [0.15, 0.2) is 0 Å². The van der Waals surface area contributed by atoms with Gasteiger partial charge >= 0.3 is 5.97 Å². The highest BCUT2D eigenvalue weighted by molar-refractivity contribution is 5.95. The Morgan fingerprint density at radius 2 is 1.33 bits per heavy atom. The molecule has 4 atom stereocenters. The number of carboxylic acids is 1. The Bertz CT molecular complexity index is 1840. The summed E-state index contributed by atoms with van der Waals surface area (Å²) >= 11 is 0. The largest absolute Gasteiger partial charge is 0.508 e. The minimum absolute atomic E-state index is 0.0106. The molecule has 0 bridgehead atoms. The summed E-state index contributed by atoms with van der Waals surface area (Å²) in [6.07, 6.45) is 4.92. The number of hydrogen-bond acceptors (Lipinski definition) is 7. The molecule has 0 aliphatic rings. The molecular weight excluding hydrogens is 614 g/mol. The van der Waals surface area contributed by atoms with Gasteiger partial charge in [-0.25, -0.2) is 9.78 Å². The Balaban J connectivity index is 1.37. The van der Waals surface area contributed by atoms with Crippen molar-refractivity contribution in [1.82, 2.24) is 30.9 Å². The molecule has 3 aromatic carbocycles. The second-order valence-corrected chi connectivity index (χ2v) is 11.5. The van der Waals surface area contributed by atoms with E-state index in [1.807, 2.05) is 30.3 Å². The Morgan fingerprint density at radius 1 is 0.708 bits per heavy atom. The molecular formula is C35H37N7O6. The Kier molecular flexibility index (Phi) is 10.8. The number of carbonyl (C=O) groups is 4. The van der Waals surface area contributed by atoms with Gasteiger partial charge in [-0.05, 0) is 41.3 Å². The number of rotatable bonds is 15. The molecule has 0 spiro atoms. The Morgan fingerprint density at radius 3 is 2.02 bits per heavy atom. The number of phenols is 1. The van der Waals surface area contributed by atoms with Gasteiger partial charge in [0.25, 0.3) is 0 Å². The highest BCUT2D eigenvalue weighted by Crippen LogP contribution is 2.20. The van der Waals surface area contributed by atoms with Crippen LogP contribution in [0, 0.1) is 0 Å². The first-order valence-electron chi connectivity index (χ1n) is 15.4. The average molecular weight is 652 g/mol. The van der Waals surface area contributed by atoms with Crippen molar-refractivity contribution in [1.29, 1.82) is 0 Å². The van der Waals surface area contributed by atoms with Gasteiger partial charge in [-0.1, -0.05) is 60.7 Å². The number of fused-ring (bicyclic) bond motifs is 1. The van der Waals surface area contributed by atoms with Crippen molar-refractivity contribution in [2.75, 3.05) is 0 Å². The molecule has 0 aliphatic carbocycles. The number of hydrogen-bond donors (Lipinski definition) is 8. The van der Waals surface area contributed by atoms with Gasteiger partial charge in [0.05, 0.1) is 12.4 Å². The summed E-state index contributed by atoms with van der Waals surface area (Å²) in [4.78, 5) is 63.2. The number of aromatic amines is 2. The Hall–Kier alpha value is -5.95. The minimum Gasteiger partial charge on any atom is -0.508 e. The first-order chi connectivity index (χ1) is 23.2. The summed E-state index contributed by atoms with van der Waals surface area (Å²) in [5.41, 5.74) is 9.74. The van der Waals surface area contributed by atoms with Gasteiger partial charge < -0.3 is 41.9 Å². The summed E-state index contributed by atoms with van der Waals surface area (Å²) in [5, 5.41) is 28.4. The van der Waals surface area contributed by atoms with E-state index in [0.717, 1.165) is 16.5 Å². The minimum atomic E-state index is -1.26. The van der Waals surface area contributed by atoms with Crippen LogP contribution in [-0.4, -0.2) is 73.0 Å². The lowest BCUT2D eigenvalue weighted by atomic mass is 10.0. The fraction of sp³-hybridized carbons (Fsp3) is 0.229. The molecule has 13 heteroatoms. The third-order valence-electron chi connectivity index (χ3n) is 7.97. The predicted molar refractivity (Wildman–Crippen MR) is 178 cm³/mol. The number of aromatic hydroxyl groups is 1. The van der Waals surface area contributed by atoms with Crippen LogP contribution in [-0.2, 0) is 44.9 Å². The number of imidazole rings is 1. The highest BCUT2D eigenvalue weighted by Gasteiger charge is 2.31. The summed E-state index contributed by atoms with van der Waals surface area (Å²) in [6, 6.07) is 18.0. The number of aromatic nitrogens is 3. The molecule has 248 valence electrons. The Labute approximate surface area is 276 Å². The molecule has 48 heavy (non-hydrogen) atoms. The summed E-state index contributed by atoms with van der Waals surface area (Å²) in [6.45, 7) is 0.